The van der Waals surface area contributed by atoms with Crippen molar-refractivity contribution in [3.63, 3.8) is 0 Å². The summed E-state index contributed by atoms with van der Waals surface area (Å²) in [4.78, 5) is 35.9. The predicted octanol–water partition coefficient (Wildman–Crippen LogP) is 2.63. The summed E-state index contributed by atoms with van der Waals surface area (Å²) in [5.74, 6) is -0.925. The van der Waals surface area contributed by atoms with E-state index in [1.54, 1.807) is 12.1 Å². The van der Waals surface area contributed by atoms with Gasteiger partial charge in [0.15, 0.2) is 13.2 Å². The first kappa shape index (κ1) is 22.9. The molecule has 0 unspecified atom stereocenters. The number of carbonyl (C=O) groups is 3. The molecule has 2 aromatic carbocycles. The molecule has 2 aromatic rings. The van der Waals surface area contributed by atoms with Crippen LogP contribution in [0.5, 0.6) is 5.75 Å². The summed E-state index contributed by atoms with van der Waals surface area (Å²) in [6.07, 6.45) is 0.267. The summed E-state index contributed by atoms with van der Waals surface area (Å²) >= 11 is 0. The van der Waals surface area contributed by atoms with E-state index >= 15 is 0 Å². The molecule has 0 saturated carbocycles. The molecule has 0 aliphatic rings. The molecule has 7 nitrogen and oxygen atoms in total. The van der Waals surface area contributed by atoms with Crippen molar-refractivity contribution < 1.29 is 28.6 Å². The van der Waals surface area contributed by atoms with Crippen molar-refractivity contribution in [2.45, 2.75) is 32.2 Å². The number of amides is 1. The summed E-state index contributed by atoms with van der Waals surface area (Å²) in [5, 5.41) is 2.53. The van der Waals surface area contributed by atoms with E-state index in [0.717, 1.165) is 11.1 Å². The van der Waals surface area contributed by atoms with Crippen LogP contribution >= 0.6 is 0 Å². The summed E-state index contributed by atoms with van der Waals surface area (Å²) in [6, 6.07) is 15.7. The number of ether oxygens (including phenoxy) is 3. The molecule has 1 N–H and O–H groups in total. The van der Waals surface area contributed by atoms with Gasteiger partial charge < -0.3 is 19.5 Å². The van der Waals surface area contributed by atoms with Gasteiger partial charge in [-0.05, 0) is 29.2 Å². The van der Waals surface area contributed by atoms with Crippen LogP contribution in [0.2, 0.25) is 0 Å². The van der Waals surface area contributed by atoms with Crippen molar-refractivity contribution in [1.29, 1.82) is 0 Å². The van der Waals surface area contributed by atoms with E-state index in [0.29, 0.717) is 11.7 Å². The van der Waals surface area contributed by atoms with Crippen LogP contribution in [0.1, 0.15) is 30.9 Å². The SMILES string of the molecule is COC(=O)[C@H](Cc1ccccc1)NC(=O)COC(=O)COc1ccc(C(C)C)cc1. The van der Waals surface area contributed by atoms with E-state index in [1.807, 2.05) is 42.5 Å². The third-order valence-corrected chi connectivity index (χ3v) is 4.37. The zero-order valence-corrected chi connectivity index (χ0v) is 17.4. The molecule has 0 heterocycles. The van der Waals surface area contributed by atoms with Gasteiger partial charge in [-0.2, -0.15) is 0 Å². The maximum atomic E-state index is 12.1. The lowest BCUT2D eigenvalue weighted by Gasteiger charge is -2.16. The van der Waals surface area contributed by atoms with E-state index in [9.17, 15) is 14.4 Å². The molecule has 1 atom stereocenters. The van der Waals surface area contributed by atoms with E-state index in [2.05, 4.69) is 19.2 Å². The highest BCUT2D eigenvalue weighted by atomic mass is 16.6. The fourth-order valence-electron chi connectivity index (χ4n) is 2.70. The van der Waals surface area contributed by atoms with Gasteiger partial charge in [-0.25, -0.2) is 9.59 Å². The van der Waals surface area contributed by atoms with Gasteiger partial charge in [-0.3, -0.25) is 4.79 Å². The first-order chi connectivity index (χ1) is 14.4. The molecule has 0 spiro atoms. The van der Waals surface area contributed by atoms with Crippen molar-refractivity contribution in [2.24, 2.45) is 0 Å². The largest absolute Gasteiger partial charge is 0.482 e. The molecule has 2 rings (SSSR count). The molecule has 0 aliphatic heterocycles. The van der Waals surface area contributed by atoms with Gasteiger partial charge in [0.05, 0.1) is 7.11 Å². The minimum absolute atomic E-state index is 0.267. The molecular formula is C23H27NO6. The third kappa shape index (κ3) is 7.58. The Morgan fingerprint density at radius 2 is 1.60 bits per heavy atom. The molecule has 0 aliphatic carbocycles. The number of rotatable bonds is 10. The summed E-state index contributed by atoms with van der Waals surface area (Å²) in [7, 11) is 1.25. The molecule has 160 valence electrons. The lowest BCUT2D eigenvalue weighted by molar-refractivity contribution is -0.151. The van der Waals surface area contributed by atoms with Crippen molar-refractivity contribution in [2.75, 3.05) is 20.3 Å². The number of carbonyl (C=O) groups excluding carboxylic acids is 3. The first-order valence-electron chi connectivity index (χ1n) is 9.68. The van der Waals surface area contributed by atoms with Crippen LogP contribution in [0, 0.1) is 0 Å². The highest BCUT2D eigenvalue weighted by molar-refractivity contribution is 5.86. The number of methoxy groups -OCH3 is 1. The number of benzene rings is 2. The van der Waals surface area contributed by atoms with Crippen LogP contribution in [0.4, 0.5) is 0 Å². The van der Waals surface area contributed by atoms with Crippen LogP contribution in [0.3, 0.4) is 0 Å². The first-order valence-corrected chi connectivity index (χ1v) is 9.68. The molecular weight excluding hydrogens is 386 g/mol. The Kier molecular flexibility index (Phi) is 8.87. The van der Waals surface area contributed by atoms with Crippen LogP contribution < -0.4 is 10.1 Å². The second kappa shape index (κ2) is 11.6. The van der Waals surface area contributed by atoms with Gasteiger partial charge in [0.25, 0.3) is 5.91 Å². The summed E-state index contributed by atoms with van der Waals surface area (Å²) < 4.78 is 15.0. The fraction of sp³-hybridized carbons (Fsp3) is 0.348. The topological polar surface area (TPSA) is 90.9 Å². The Balaban J connectivity index is 1.78. The Bertz CT molecular complexity index is 833. The monoisotopic (exact) mass is 413 g/mol. The number of nitrogens with one attached hydrogen (secondary N) is 1. The lowest BCUT2D eigenvalue weighted by Crippen LogP contribution is -2.44. The summed E-state index contributed by atoms with van der Waals surface area (Å²) in [6.45, 7) is 3.33. The van der Waals surface area contributed by atoms with Crippen LogP contribution in [0.25, 0.3) is 0 Å². The van der Waals surface area contributed by atoms with Gasteiger partial charge in [-0.15, -0.1) is 0 Å². The maximum absolute atomic E-state index is 12.1. The van der Waals surface area contributed by atoms with Gasteiger partial charge in [0.2, 0.25) is 0 Å². The van der Waals surface area contributed by atoms with Crippen molar-refractivity contribution in [1.82, 2.24) is 5.32 Å². The van der Waals surface area contributed by atoms with Gasteiger partial charge >= 0.3 is 11.9 Å². The number of esters is 2. The predicted molar refractivity (Wildman–Crippen MR) is 111 cm³/mol. The van der Waals surface area contributed by atoms with Crippen molar-refractivity contribution in [3.8, 4) is 5.75 Å². The highest BCUT2D eigenvalue weighted by Gasteiger charge is 2.22. The third-order valence-electron chi connectivity index (χ3n) is 4.37. The van der Waals surface area contributed by atoms with Gasteiger partial charge in [0, 0.05) is 6.42 Å². The van der Waals surface area contributed by atoms with E-state index in [1.165, 1.54) is 7.11 Å². The Morgan fingerprint density at radius 1 is 0.933 bits per heavy atom. The molecule has 7 heteroatoms. The second-order valence-electron chi connectivity index (χ2n) is 7.01. The molecule has 0 aromatic heterocycles. The number of hydrogen-bond acceptors (Lipinski definition) is 6. The zero-order valence-electron chi connectivity index (χ0n) is 17.4. The van der Waals surface area contributed by atoms with Crippen molar-refractivity contribution in [3.05, 3.63) is 65.7 Å². The smallest absolute Gasteiger partial charge is 0.344 e. The highest BCUT2D eigenvalue weighted by Crippen LogP contribution is 2.18. The Morgan fingerprint density at radius 3 is 2.20 bits per heavy atom. The fourth-order valence-corrected chi connectivity index (χ4v) is 2.70. The van der Waals surface area contributed by atoms with Gasteiger partial charge in [0.1, 0.15) is 11.8 Å². The average molecular weight is 413 g/mol. The summed E-state index contributed by atoms with van der Waals surface area (Å²) in [5.41, 5.74) is 2.03. The number of hydrogen-bond donors (Lipinski definition) is 1. The maximum Gasteiger partial charge on any atom is 0.344 e. The lowest BCUT2D eigenvalue weighted by atomic mass is 10.0. The molecule has 0 radical (unpaired) electrons. The minimum atomic E-state index is -0.876. The second-order valence-corrected chi connectivity index (χ2v) is 7.01. The van der Waals surface area contributed by atoms with Crippen LogP contribution in [-0.4, -0.2) is 44.2 Å². The quantitative estimate of drug-likeness (QED) is 0.602. The molecule has 1 amide bonds. The van der Waals surface area contributed by atoms with E-state index in [-0.39, 0.29) is 13.0 Å². The zero-order chi connectivity index (χ0) is 21.9. The van der Waals surface area contributed by atoms with E-state index < -0.39 is 30.5 Å². The van der Waals surface area contributed by atoms with Crippen molar-refractivity contribution >= 4 is 17.8 Å². The molecule has 30 heavy (non-hydrogen) atoms. The molecule has 0 bridgehead atoms. The Hall–Kier alpha value is -3.35. The average Bonchev–Trinajstić information content (AvgIpc) is 2.76. The Labute approximate surface area is 176 Å². The van der Waals surface area contributed by atoms with Crippen LogP contribution in [0.15, 0.2) is 54.6 Å². The van der Waals surface area contributed by atoms with Crippen LogP contribution in [-0.2, 0) is 30.3 Å². The molecule has 0 saturated heterocycles. The standard InChI is InChI=1S/C23H27NO6/c1-16(2)18-9-11-19(12-10-18)29-15-22(26)30-14-21(25)24-20(23(27)28-3)13-17-7-5-4-6-8-17/h4-12,16,20H,13-15H2,1-3H3,(H,24,25)/t20-/m0/s1. The molecule has 0 fully saturated rings. The normalized spacial score (nSPS) is 11.5. The minimum Gasteiger partial charge on any atom is -0.482 e. The van der Waals surface area contributed by atoms with E-state index in [4.69, 9.17) is 14.2 Å². The van der Waals surface area contributed by atoms with Gasteiger partial charge in [-0.1, -0.05) is 56.3 Å².